The summed E-state index contributed by atoms with van der Waals surface area (Å²) in [6, 6.07) is 0.459. The molecule has 70 valence electrons. The topological polar surface area (TPSA) is 26.0 Å². The summed E-state index contributed by atoms with van der Waals surface area (Å²) in [6.07, 6.45) is 4.91. The zero-order valence-electron chi connectivity index (χ0n) is 8.34. The second-order valence-corrected chi connectivity index (χ2v) is 4.34. The van der Waals surface area contributed by atoms with Gasteiger partial charge < -0.3 is 5.73 Å². The lowest BCUT2D eigenvalue weighted by molar-refractivity contribution is 0.347. The van der Waals surface area contributed by atoms with Crippen LogP contribution in [0.1, 0.15) is 39.5 Å². The number of rotatable bonds is 2. The van der Waals surface area contributed by atoms with E-state index >= 15 is 0 Å². The van der Waals surface area contributed by atoms with Crippen molar-refractivity contribution in [2.45, 2.75) is 45.6 Å². The Balaban J connectivity index is 2.39. The van der Waals surface area contributed by atoms with Crippen LogP contribution in [0.5, 0.6) is 0 Å². The van der Waals surface area contributed by atoms with Crippen LogP contribution in [-0.2, 0) is 0 Å². The van der Waals surface area contributed by atoms with Gasteiger partial charge in [0.05, 0.1) is 0 Å². The maximum atomic E-state index is 5.84. The Morgan fingerprint density at radius 1 is 1.25 bits per heavy atom. The molecule has 2 N–H and O–H groups in total. The minimum atomic E-state index is 0.459. The highest BCUT2D eigenvalue weighted by molar-refractivity contribution is 5.05. The SMILES string of the molecule is C=C(C(C)C)[C@H]1CC[C@H](N)CC1. The monoisotopic (exact) mass is 167 g/mol. The molecule has 1 heteroatoms. The zero-order chi connectivity index (χ0) is 9.14. The van der Waals surface area contributed by atoms with Crippen molar-refractivity contribution in [3.05, 3.63) is 12.2 Å². The lowest BCUT2D eigenvalue weighted by Crippen LogP contribution is -2.27. The normalized spacial score (nSPS) is 30.7. The summed E-state index contributed by atoms with van der Waals surface area (Å²) >= 11 is 0. The van der Waals surface area contributed by atoms with Crippen LogP contribution in [0.2, 0.25) is 0 Å². The molecule has 1 rings (SSSR count). The van der Waals surface area contributed by atoms with E-state index in [4.69, 9.17) is 5.73 Å². The van der Waals surface area contributed by atoms with E-state index in [1.54, 1.807) is 0 Å². The van der Waals surface area contributed by atoms with Crippen LogP contribution >= 0.6 is 0 Å². The summed E-state index contributed by atoms with van der Waals surface area (Å²) in [6.45, 7) is 8.63. The van der Waals surface area contributed by atoms with Gasteiger partial charge >= 0.3 is 0 Å². The van der Waals surface area contributed by atoms with Crippen molar-refractivity contribution in [2.75, 3.05) is 0 Å². The Labute approximate surface area is 76.0 Å². The molecule has 12 heavy (non-hydrogen) atoms. The molecule has 0 amide bonds. The van der Waals surface area contributed by atoms with Gasteiger partial charge in [-0.2, -0.15) is 0 Å². The van der Waals surface area contributed by atoms with E-state index in [1.165, 1.54) is 31.3 Å². The highest BCUT2D eigenvalue weighted by Gasteiger charge is 2.21. The molecule has 0 radical (unpaired) electrons. The fourth-order valence-corrected chi connectivity index (χ4v) is 1.96. The fraction of sp³-hybridized carbons (Fsp3) is 0.818. The second-order valence-electron chi connectivity index (χ2n) is 4.34. The average Bonchev–Trinajstić information content (AvgIpc) is 2.04. The molecule has 0 saturated heterocycles. The zero-order valence-corrected chi connectivity index (χ0v) is 8.34. The van der Waals surface area contributed by atoms with Gasteiger partial charge in [0, 0.05) is 6.04 Å². The van der Waals surface area contributed by atoms with Crippen molar-refractivity contribution < 1.29 is 0 Å². The maximum Gasteiger partial charge on any atom is 0.00392 e. The fourth-order valence-electron chi connectivity index (χ4n) is 1.96. The Bertz CT molecular complexity index is 152. The average molecular weight is 167 g/mol. The number of hydrogen-bond donors (Lipinski definition) is 1. The molecule has 0 aromatic rings. The highest BCUT2D eigenvalue weighted by atomic mass is 14.6. The third-order valence-electron chi connectivity index (χ3n) is 3.04. The molecule has 0 unspecified atom stereocenters. The largest absolute Gasteiger partial charge is 0.328 e. The Morgan fingerprint density at radius 2 is 1.75 bits per heavy atom. The van der Waals surface area contributed by atoms with Crippen LogP contribution in [0.3, 0.4) is 0 Å². The van der Waals surface area contributed by atoms with E-state index in [2.05, 4.69) is 20.4 Å². The van der Waals surface area contributed by atoms with E-state index in [1.807, 2.05) is 0 Å². The highest BCUT2D eigenvalue weighted by Crippen LogP contribution is 2.31. The number of nitrogens with two attached hydrogens (primary N) is 1. The molecular formula is C11H21N. The van der Waals surface area contributed by atoms with Gasteiger partial charge in [-0.1, -0.05) is 26.0 Å². The molecule has 0 atom stereocenters. The smallest absolute Gasteiger partial charge is 0.00392 e. The lowest BCUT2D eigenvalue weighted by Gasteiger charge is -2.29. The van der Waals surface area contributed by atoms with E-state index in [9.17, 15) is 0 Å². The molecule has 0 aromatic heterocycles. The van der Waals surface area contributed by atoms with Gasteiger partial charge in [0.1, 0.15) is 0 Å². The summed E-state index contributed by atoms with van der Waals surface area (Å²) in [7, 11) is 0. The molecule has 1 saturated carbocycles. The van der Waals surface area contributed by atoms with Crippen molar-refractivity contribution in [3.8, 4) is 0 Å². The van der Waals surface area contributed by atoms with Crippen molar-refractivity contribution in [2.24, 2.45) is 17.6 Å². The first-order chi connectivity index (χ1) is 5.61. The molecule has 0 bridgehead atoms. The number of allylic oxidation sites excluding steroid dienone is 1. The van der Waals surface area contributed by atoms with Gasteiger partial charge in [0.2, 0.25) is 0 Å². The van der Waals surface area contributed by atoms with E-state index in [0.717, 1.165) is 5.92 Å². The van der Waals surface area contributed by atoms with Gasteiger partial charge in [0.25, 0.3) is 0 Å². The predicted octanol–water partition coefficient (Wildman–Crippen LogP) is 2.72. The summed E-state index contributed by atoms with van der Waals surface area (Å²) in [5.74, 6) is 1.40. The van der Waals surface area contributed by atoms with Gasteiger partial charge in [0.15, 0.2) is 0 Å². The first-order valence-electron chi connectivity index (χ1n) is 5.05. The van der Waals surface area contributed by atoms with Gasteiger partial charge in [-0.25, -0.2) is 0 Å². The molecule has 1 aliphatic carbocycles. The van der Waals surface area contributed by atoms with Crippen LogP contribution < -0.4 is 5.73 Å². The first-order valence-corrected chi connectivity index (χ1v) is 5.05. The van der Waals surface area contributed by atoms with Crippen molar-refractivity contribution >= 4 is 0 Å². The van der Waals surface area contributed by atoms with Crippen LogP contribution in [0.15, 0.2) is 12.2 Å². The van der Waals surface area contributed by atoms with Crippen LogP contribution in [0.4, 0.5) is 0 Å². The summed E-state index contributed by atoms with van der Waals surface area (Å²) in [5, 5.41) is 0. The van der Waals surface area contributed by atoms with Crippen molar-refractivity contribution in [1.82, 2.24) is 0 Å². The third-order valence-corrected chi connectivity index (χ3v) is 3.04. The predicted molar refractivity (Wildman–Crippen MR) is 53.9 cm³/mol. The van der Waals surface area contributed by atoms with E-state index in [0.29, 0.717) is 12.0 Å². The standard InChI is InChI=1S/C11H21N/c1-8(2)9(3)10-4-6-11(12)7-5-10/h8,10-11H,3-7,12H2,1-2H3/t10-,11-. The maximum absolute atomic E-state index is 5.84. The summed E-state index contributed by atoms with van der Waals surface area (Å²) in [4.78, 5) is 0. The van der Waals surface area contributed by atoms with Gasteiger partial charge in [-0.15, -0.1) is 0 Å². The quantitative estimate of drug-likeness (QED) is 0.629. The first kappa shape index (κ1) is 9.79. The molecule has 1 nitrogen and oxygen atoms in total. The number of hydrogen-bond acceptors (Lipinski definition) is 1. The van der Waals surface area contributed by atoms with Gasteiger partial charge in [-0.3, -0.25) is 0 Å². The molecule has 0 aliphatic heterocycles. The molecule has 1 aliphatic rings. The molecule has 1 fully saturated rings. The van der Waals surface area contributed by atoms with Crippen molar-refractivity contribution in [1.29, 1.82) is 0 Å². The second kappa shape index (κ2) is 4.08. The van der Waals surface area contributed by atoms with Crippen LogP contribution in [0.25, 0.3) is 0 Å². The van der Waals surface area contributed by atoms with E-state index < -0.39 is 0 Å². The van der Waals surface area contributed by atoms with Crippen LogP contribution in [-0.4, -0.2) is 6.04 Å². The minimum Gasteiger partial charge on any atom is -0.328 e. The lowest BCUT2D eigenvalue weighted by atomic mass is 9.79. The minimum absolute atomic E-state index is 0.459. The molecular weight excluding hydrogens is 146 g/mol. The van der Waals surface area contributed by atoms with Gasteiger partial charge in [-0.05, 0) is 37.5 Å². The van der Waals surface area contributed by atoms with Crippen LogP contribution in [0, 0.1) is 11.8 Å². The third kappa shape index (κ3) is 2.34. The summed E-state index contributed by atoms with van der Waals surface area (Å²) in [5.41, 5.74) is 7.28. The Hall–Kier alpha value is -0.300. The Morgan fingerprint density at radius 3 is 2.17 bits per heavy atom. The van der Waals surface area contributed by atoms with Crippen molar-refractivity contribution in [3.63, 3.8) is 0 Å². The summed E-state index contributed by atoms with van der Waals surface area (Å²) < 4.78 is 0. The Kier molecular flexibility index (Phi) is 3.33. The molecule has 0 heterocycles. The molecule has 0 spiro atoms. The molecule has 0 aromatic carbocycles. The van der Waals surface area contributed by atoms with E-state index in [-0.39, 0.29) is 0 Å².